The number of imidazole rings is 1. The van der Waals surface area contributed by atoms with Crippen molar-refractivity contribution in [2.24, 2.45) is 0 Å². The van der Waals surface area contributed by atoms with Crippen LogP contribution < -0.4 is 0 Å². The van der Waals surface area contributed by atoms with Crippen LogP contribution in [0.4, 0.5) is 22.0 Å². The number of aliphatic hydroxyl groups excluding tert-OH is 1. The number of halogens is 5. The predicted octanol–water partition coefficient (Wildman–Crippen LogP) is 4.60. The molecule has 0 unspecified atom stereocenters. The van der Waals surface area contributed by atoms with Gasteiger partial charge in [0.15, 0.2) is 5.69 Å². The molecule has 9 nitrogen and oxygen atoms in total. The van der Waals surface area contributed by atoms with Gasteiger partial charge in [0.2, 0.25) is 6.39 Å². The number of fused-ring (bicyclic) bond motifs is 3. The largest absolute Gasteiger partial charge is 0.459 e. The number of carbonyl (C=O) groups excluding carboxylic acids is 1. The Labute approximate surface area is 209 Å². The maximum Gasteiger partial charge on any atom is 0.459 e. The number of aromatic nitrogens is 5. The smallest absolute Gasteiger partial charge is 0.457 e. The van der Waals surface area contributed by atoms with Gasteiger partial charge in [-0.15, -0.1) is 10.2 Å². The zero-order valence-corrected chi connectivity index (χ0v) is 19.3. The highest BCUT2D eigenvalue weighted by atomic mass is 19.4. The lowest BCUT2D eigenvalue weighted by Crippen LogP contribution is -2.34. The summed E-state index contributed by atoms with van der Waals surface area (Å²) in [5.74, 6) is -6.44. The Balaban J connectivity index is 1.88. The number of aliphatic hydroxyl groups is 1. The molecule has 0 aliphatic rings. The molecule has 5 rings (SSSR count). The highest BCUT2D eigenvalue weighted by Gasteiger charge is 2.60. The van der Waals surface area contributed by atoms with Gasteiger partial charge in [0.1, 0.15) is 30.2 Å². The Bertz CT molecular complexity index is 1650. The number of nitrogens with zero attached hydrogens (tertiary/aromatic N) is 5. The van der Waals surface area contributed by atoms with Crippen LogP contribution in [0, 0.1) is 6.92 Å². The minimum atomic E-state index is -5.92. The fourth-order valence-corrected chi connectivity index (χ4v) is 3.91. The molecule has 0 saturated carbocycles. The number of esters is 1. The second kappa shape index (κ2) is 9.13. The van der Waals surface area contributed by atoms with Crippen molar-refractivity contribution in [1.29, 1.82) is 0 Å². The summed E-state index contributed by atoms with van der Waals surface area (Å²) in [6.07, 6.45) is -4.92. The number of pyridine rings is 2. The second-order valence-corrected chi connectivity index (χ2v) is 8.23. The summed E-state index contributed by atoms with van der Waals surface area (Å²) in [5.41, 5.74) is -0.536. The van der Waals surface area contributed by atoms with Gasteiger partial charge >= 0.3 is 18.1 Å². The van der Waals surface area contributed by atoms with Gasteiger partial charge in [-0.1, -0.05) is 29.8 Å². The van der Waals surface area contributed by atoms with Crippen LogP contribution in [0.25, 0.3) is 39.4 Å². The lowest BCUT2D eigenvalue weighted by molar-refractivity contribution is -0.290. The van der Waals surface area contributed by atoms with Gasteiger partial charge in [0, 0.05) is 5.39 Å². The standard InChI is InChI=1S/C24H16F5N5O4/c1-12-2-4-13(5-3-12)15-8-17(23(25,26)24(27,28)29)31-21-14(15)6-7-18-32-20(22-33-30-11-38-22)16(34(18)21)10-37-19(36)9-35/h2-8,11,35H,9-10H2,1H3. The summed E-state index contributed by atoms with van der Waals surface area (Å²) in [6.45, 7) is 0.273. The summed E-state index contributed by atoms with van der Waals surface area (Å²) in [5, 5.41) is 16.6. The number of aryl methyl sites for hydroxylation is 1. The van der Waals surface area contributed by atoms with Gasteiger partial charge in [0.05, 0.1) is 5.69 Å². The van der Waals surface area contributed by atoms with Crippen LogP contribution in [0.3, 0.4) is 0 Å². The van der Waals surface area contributed by atoms with Gasteiger partial charge in [-0.05, 0) is 36.2 Å². The van der Waals surface area contributed by atoms with E-state index < -0.39 is 37.0 Å². The molecule has 1 N–H and O–H groups in total. The number of benzene rings is 1. The van der Waals surface area contributed by atoms with Crippen molar-refractivity contribution in [3.8, 4) is 22.7 Å². The predicted molar refractivity (Wildman–Crippen MR) is 121 cm³/mol. The first-order chi connectivity index (χ1) is 18.0. The molecule has 0 bridgehead atoms. The van der Waals surface area contributed by atoms with Crippen LogP contribution >= 0.6 is 0 Å². The third-order valence-electron chi connectivity index (χ3n) is 5.75. The Morgan fingerprint density at radius 3 is 2.45 bits per heavy atom. The van der Waals surface area contributed by atoms with Gasteiger partial charge < -0.3 is 14.3 Å². The molecule has 0 spiro atoms. The molecule has 0 fully saturated rings. The van der Waals surface area contributed by atoms with E-state index in [9.17, 15) is 26.7 Å². The fourth-order valence-electron chi connectivity index (χ4n) is 3.91. The lowest BCUT2D eigenvalue weighted by Gasteiger charge is -2.21. The summed E-state index contributed by atoms with van der Waals surface area (Å²) < 4.78 is 80.9. The monoisotopic (exact) mass is 533 g/mol. The van der Waals surface area contributed by atoms with Crippen LogP contribution in [0.1, 0.15) is 17.0 Å². The van der Waals surface area contributed by atoms with E-state index in [0.29, 0.717) is 11.6 Å². The van der Waals surface area contributed by atoms with E-state index in [1.807, 2.05) is 0 Å². The average Bonchev–Trinajstić information content (AvgIpc) is 3.54. The van der Waals surface area contributed by atoms with E-state index in [4.69, 9.17) is 14.3 Å². The first-order valence-electron chi connectivity index (χ1n) is 10.9. The van der Waals surface area contributed by atoms with E-state index in [1.165, 1.54) is 16.5 Å². The molecule has 5 aromatic rings. The molecular formula is C24H16F5N5O4. The van der Waals surface area contributed by atoms with Gasteiger partial charge in [-0.25, -0.2) is 14.8 Å². The minimum absolute atomic E-state index is 0.00789. The van der Waals surface area contributed by atoms with Crippen molar-refractivity contribution in [2.75, 3.05) is 6.61 Å². The maximum atomic E-state index is 14.6. The lowest BCUT2D eigenvalue weighted by atomic mass is 9.99. The fraction of sp³-hybridized carbons (Fsp3) is 0.208. The van der Waals surface area contributed by atoms with E-state index >= 15 is 0 Å². The topological polar surface area (TPSA) is 116 Å². The molecule has 196 valence electrons. The molecule has 0 aliphatic heterocycles. The van der Waals surface area contributed by atoms with E-state index in [0.717, 1.165) is 12.0 Å². The molecule has 0 atom stereocenters. The Morgan fingerprint density at radius 2 is 1.82 bits per heavy atom. The van der Waals surface area contributed by atoms with E-state index in [2.05, 4.69) is 20.2 Å². The third kappa shape index (κ3) is 4.22. The van der Waals surface area contributed by atoms with Crippen molar-refractivity contribution < 1.29 is 41.0 Å². The molecule has 38 heavy (non-hydrogen) atoms. The zero-order chi connectivity index (χ0) is 27.2. The van der Waals surface area contributed by atoms with E-state index in [-0.39, 0.29) is 39.5 Å². The number of rotatable bonds is 6. The third-order valence-corrected chi connectivity index (χ3v) is 5.75. The van der Waals surface area contributed by atoms with Gasteiger partial charge in [-0.2, -0.15) is 22.0 Å². The van der Waals surface area contributed by atoms with Crippen molar-refractivity contribution in [3.63, 3.8) is 0 Å². The molecule has 0 aliphatic carbocycles. The first kappa shape index (κ1) is 25.2. The summed E-state index contributed by atoms with van der Waals surface area (Å²) in [4.78, 5) is 19.7. The Hall–Kier alpha value is -4.46. The summed E-state index contributed by atoms with van der Waals surface area (Å²) in [6, 6.07) is 10.2. The van der Waals surface area contributed by atoms with Crippen LogP contribution in [-0.2, 0) is 22.1 Å². The molecule has 4 aromatic heterocycles. The molecule has 0 amide bonds. The summed E-state index contributed by atoms with van der Waals surface area (Å²) in [7, 11) is 0. The number of alkyl halides is 5. The SMILES string of the molecule is Cc1ccc(-c2cc(C(F)(F)C(F)(F)F)nc3c2ccc2nc(-c4nnco4)c(COC(=O)CO)n23)cc1. The molecule has 1 aromatic carbocycles. The molecular weight excluding hydrogens is 517 g/mol. The van der Waals surface area contributed by atoms with Crippen molar-refractivity contribution >= 4 is 22.6 Å². The van der Waals surface area contributed by atoms with Crippen molar-refractivity contribution in [3.05, 3.63) is 65.8 Å². The van der Waals surface area contributed by atoms with Gasteiger partial charge in [-0.3, -0.25) is 4.40 Å². The maximum absolute atomic E-state index is 14.6. The first-order valence-corrected chi connectivity index (χ1v) is 10.9. The van der Waals surface area contributed by atoms with Crippen LogP contribution in [0.15, 0.2) is 53.3 Å². The minimum Gasteiger partial charge on any atom is -0.457 e. The quantitative estimate of drug-likeness (QED) is 0.249. The summed E-state index contributed by atoms with van der Waals surface area (Å²) >= 11 is 0. The van der Waals surface area contributed by atoms with Crippen LogP contribution in [0.2, 0.25) is 0 Å². The number of hydrogen-bond acceptors (Lipinski definition) is 8. The average molecular weight is 533 g/mol. The number of hydrogen-bond donors (Lipinski definition) is 1. The molecule has 4 heterocycles. The molecule has 14 heteroatoms. The van der Waals surface area contributed by atoms with Crippen molar-refractivity contribution in [2.45, 2.75) is 25.6 Å². The Kier molecular flexibility index (Phi) is 6.06. The highest BCUT2D eigenvalue weighted by Crippen LogP contribution is 2.45. The van der Waals surface area contributed by atoms with E-state index in [1.54, 1.807) is 31.2 Å². The van der Waals surface area contributed by atoms with Crippen LogP contribution in [0.5, 0.6) is 0 Å². The van der Waals surface area contributed by atoms with Crippen LogP contribution in [-0.4, -0.2) is 48.4 Å². The molecule has 0 saturated heterocycles. The second-order valence-electron chi connectivity index (χ2n) is 8.23. The van der Waals surface area contributed by atoms with Crippen molar-refractivity contribution in [1.82, 2.24) is 24.6 Å². The number of carbonyl (C=O) groups is 1. The zero-order valence-electron chi connectivity index (χ0n) is 19.3. The normalized spacial score (nSPS) is 12.4. The molecule has 0 radical (unpaired) electrons. The number of ether oxygens (including phenoxy) is 1. The van der Waals surface area contributed by atoms with Gasteiger partial charge in [0.25, 0.3) is 5.89 Å². The Morgan fingerprint density at radius 1 is 1.08 bits per heavy atom. The highest BCUT2D eigenvalue weighted by molar-refractivity contribution is 5.95.